The van der Waals surface area contributed by atoms with Crippen LogP contribution in [0.4, 0.5) is 0 Å². The smallest absolute Gasteiger partial charge is 0.328 e. The van der Waals surface area contributed by atoms with Gasteiger partial charge in [-0.05, 0) is 22.9 Å². The number of amides is 2. The van der Waals surface area contributed by atoms with Crippen LogP contribution in [0.5, 0.6) is 0 Å². The van der Waals surface area contributed by atoms with Crippen LogP contribution in [0.1, 0.15) is 19.3 Å². The molecule has 0 saturated carbocycles. The molecule has 2 heterocycles. The molecule has 0 saturated heterocycles. The molecule has 2 aromatic heterocycles. The van der Waals surface area contributed by atoms with E-state index in [4.69, 9.17) is 5.11 Å². The maximum absolute atomic E-state index is 11.8. The highest BCUT2D eigenvalue weighted by molar-refractivity contribution is 7.12. The Balaban J connectivity index is 1.92. The third-order valence-electron chi connectivity index (χ3n) is 2.56. The number of hydrogen-bond donors (Lipinski definition) is 3. The van der Waals surface area contributed by atoms with E-state index in [2.05, 4.69) is 10.6 Å². The maximum atomic E-state index is 11.8. The van der Waals surface area contributed by atoms with Crippen LogP contribution in [0, 0.1) is 0 Å². The number of hydrogen-bond acceptors (Lipinski definition) is 5. The highest BCUT2D eigenvalue weighted by Crippen LogP contribution is 2.09. The minimum Gasteiger partial charge on any atom is -0.480 e. The Kier molecular flexibility index (Phi) is 5.07. The highest BCUT2D eigenvalue weighted by atomic mass is 32.1. The van der Waals surface area contributed by atoms with Crippen LogP contribution in [0.3, 0.4) is 0 Å². The molecule has 6 nitrogen and oxygen atoms in total. The van der Waals surface area contributed by atoms with Crippen molar-refractivity contribution in [3.63, 3.8) is 0 Å². The van der Waals surface area contributed by atoms with Crippen LogP contribution in [0.2, 0.25) is 0 Å². The molecule has 0 aromatic carbocycles. The summed E-state index contributed by atoms with van der Waals surface area (Å²) in [5.41, 5.74) is 0. The second-order valence-corrected chi connectivity index (χ2v) is 5.92. The van der Waals surface area contributed by atoms with Crippen LogP contribution in [-0.4, -0.2) is 35.5 Å². The van der Waals surface area contributed by atoms with Crippen LogP contribution in [-0.2, 0) is 4.79 Å². The summed E-state index contributed by atoms with van der Waals surface area (Å²) < 4.78 is 0. The molecule has 3 N–H and O–H groups in total. The summed E-state index contributed by atoms with van der Waals surface area (Å²) in [5, 5.41) is 17.5. The van der Waals surface area contributed by atoms with E-state index in [0.717, 1.165) is 0 Å². The van der Waals surface area contributed by atoms with E-state index in [1.165, 1.54) is 22.7 Å². The summed E-state index contributed by atoms with van der Waals surface area (Å²) in [6, 6.07) is 5.49. The Morgan fingerprint density at radius 2 is 1.62 bits per heavy atom. The second kappa shape index (κ2) is 7.00. The van der Waals surface area contributed by atoms with Crippen molar-refractivity contribution in [1.82, 2.24) is 10.6 Å². The van der Waals surface area contributed by atoms with Crippen LogP contribution >= 0.6 is 22.7 Å². The normalized spacial score (nSPS) is 11.6. The van der Waals surface area contributed by atoms with Gasteiger partial charge in [0.25, 0.3) is 11.8 Å². The van der Waals surface area contributed by atoms with Gasteiger partial charge < -0.3 is 15.7 Å². The lowest BCUT2D eigenvalue weighted by atomic mass is 10.2. The lowest BCUT2D eigenvalue weighted by Crippen LogP contribution is -2.48. The standard InChI is InChI=1S/C13H12N2O4S2/c16-11(9-3-1-5-20-9)14-7-8(13(18)19)15-12(17)10-4-2-6-21-10/h1-6,8H,7H2,(H,14,16)(H,15,17)(H,18,19). The first-order valence-electron chi connectivity index (χ1n) is 5.97. The zero-order valence-electron chi connectivity index (χ0n) is 10.7. The predicted octanol–water partition coefficient (Wildman–Crippen LogP) is 1.42. The molecule has 0 spiro atoms. The minimum absolute atomic E-state index is 0.177. The molecule has 2 rings (SSSR count). The molecule has 0 radical (unpaired) electrons. The number of carbonyl (C=O) groups excluding carboxylic acids is 2. The van der Waals surface area contributed by atoms with Crippen molar-refractivity contribution in [2.24, 2.45) is 0 Å². The fourth-order valence-electron chi connectivity index (χ4n) is 1.53. The number of aliphatic carboxylic acids is 1. The summed E-state index contributed by atoms with van der Waals surface area (Å²) in [4.78, 5) is 35.6. The molecule has 1 atom stereocenters. The summed E-state index contributed by atoms with van der Waals surface area (Å²) in [6.07, 6.45) is 0. The van der Waals surface area contributed by atoms with E-state index in [-0.39, 0.29) is 12.5 Å². The Labute approximate surface area is 128 Å². The molecule has 0 bridgehead atoms. The van der Waals surface area contributed by atoms with Gasteiger partial charge in [-0.3, -0.25) is 9.59 Å². The van der Waals surface area contributed by atoms with Crippen molar-refractivity contribution in [1.29, 1.82) is 0 Å². The third-order valence-corrected chi connectivity index (χ3v) is 4.30. The van der Waals surface area contributed by atoms with Gasteiger partial charge in [0, 0.05) is 6.54 Å². The van der Waals surface area contributed by atoms with Gasteiger partial charge >= 0.3 is 5.97 Å². The lowest BCUT2D eigenvalue weighted by molar-refractivity contribution is -0.139. The minimum atomic E-state index is -1.20. The molecule has 0 aliphatic rings. The molecule has 8 heteroatoms. The van der Waals surface area contributed by atoms with Crippen LogP contribution < -0.4 is 10.6 Å². The van der Waals surface area contributed by atoms with E-state index >= 15 is 0 Å². The highest BCUT2D eigenvalue weighted by Gasteiger charge is 2.22. The SMILES string of the molecule is O=C(NCC(NC(=O)c1cccs1)C(=O)O)c1cccs1. The van der Waals surface area contributed by atoms with Crippen molar-refractivity contribution in [3.8, 4) is 0 Å². The van der Waals surface area contributed by atoms with E-state index in [1.807, 2.05) is 0 Å². The van der Waals surface area contributed by atoms with Crippen molar-refractivity contribution >= 4 is 40.5 Å². The quantitative estimate of drug-likeness (QED) is 0.749. The number of nitrogens with one attached hydrogen (secondary N) is 2. The van der Waals surface area contributed by atoms with Crippen LogP contribution in [0.15, 0.2) is 35.0 Å². The Hall–Kier alpha value is -2.19. The van der Waals surface area contributed by atoms with Crippen molar-refractivity contribution in [2.75, 3.05) is 6.54 Å². The summed E-state index contributed by atoms with van der Waals surface area (Å²) in [7, 11) is 0. The van der Waals surface area contributed by atoms with Crippen molar-refractivity contribution in [2.45, 2.75) is 6.04 Å². The number of carboxylic acid groups (broad SMARTS) is 1. The topological polar surface area (TPSA) is 95.5 Å². The molecule has 0 aliphatic carbocycles. The van der Waals surface area contributed by atoms with Gasteiger partial charge in [-0.25, -0.2) is 4.79 Å². The molecule has 110 valence electrons. The number of carboxylic acids is 1. The first kappa shape index (κ1) is 15.2. The molecule has 2 amide bonds. The average molecular weight is 324 g/mol. The zero-order chi connectivity index (χ0) is 15.2. The van der Waals surface area contributed by atoms with Gasteiger partial charge in [-0.15, -0.1) is 22.7 Å². The predicted molar refractivity (Wildman–Crippen MR) is 79.9 cm³/mol. The zero-order valence-corrected chi connectivity index (χ0v) is 12.4. The molecular formula is C13H12N2O4S2. The Morgan fingerprint density at radius 3 is 2.10 bits per heavy atom. The molecule has 2 aromatic rings. The van der Waals surface area contributed by atoms with Crippen molar-refractivity contribution < 1.29 is 19.5 Å². The van der Waals surface area contributed by atoms with Crippen molar-refractivity contribution in [3.05, 3.63) is 44.8 Å². The summed E-state index contributed by atoms with van der Waals surface area (Å²) in [5.74, 6) is -2.03. The van der Waals surface area contributed by atoms with Gasteiger partial charge in [0.1, 0.15) is 6.04 Å². The van der Waals surface area contributed by atoms with Gasteiger partial charge in [0.2, 0.25) is 0 Å². The van der Waals surface area contributed by atoms with Gasteiger partial charge in [0.15, 0.2) is 0 Å². The second-order valence-electron chi connectivity index (χ2n) is 4.03. The average Bonchev–Trinajstić information content (AvgIpc) is 3.14. The summed E-state index contributed by atoms with van der Waals surface area (Å²) >= 11 is 2.47. The van der Waals surface area contributed by atoms with E-state index < -0.39 is 17.9 Å². The first-order valence-corrected chi connectivity index (χ1v) is 7.72. The molecule has 1 unspecified atom stereocenters. The molecule has 0 fully saturated rings. The van der Waals surface area contributed by atoms with Gasteiger partial charge in [-0.1, -0.05) is 12.1 Å². The Bertz CT molecular complexity index is 623. The monoisotopic (exact) mass is 324 g/mol. The largest absolute Gasteiger partial charge is 0.480 e. The van der Waals surface area contributed by atoms with Crippen LogP contribution in [0.25, 0.3) is 0 Å². The summed E-state index contributed by atoms with van der Waals surface area (Å²) in [6.45, 7) is -0.177. The molecule has 21 heavy (non-hydrogen) atoms. The fraction of sp³-hybridized carbons (Fsp3) is 0.154. The van der Waals surface area contributed by atoms with Gasteiger partial charge in [0.05, 0.1) is 9.75 Å². The van der Waals surface area contributed by atoms with Gasteiger partial charge in [-0.2, -0.15) is 0 Å². The van der Waals surface area contributed by atoms with E-state index in [9.17, 15) is 14.4 Å². The maximum Gasteiger partial charge on any atom is 0.328 e. The molecular weight excluding hydrogens is 312 g/mol. The third kappa shape index (κ3) is 4.14. The fourth-order valence-corrected chi connectivity index (χ4v) is 2.79. The number of carbonyl (C=O) groups is 3. The van der Waals surface area contributed by atoms with E-state index in [1.54, 1.807) is 35.0 Å². The van der Waals surface area contributed by atoms with E-state index in [0.29, 0.717) is 9.75 Å². The number of rotatable bonds is 6. The first-order chi connectivity index (χ1) is 10.1. The lowest BCUT2D eigenvalue weighted by Gasteiger charge is -2.14. The number of thiophene rings is 2. The Morgan fingerprint density at radius 1 is 1.05 bits per heavy atom. The molecule has 0 aliphatic heterocycles.